The van der Waals surface area contributed by atoms with Gasteiger partial charge >= 0.3 is 5.97 Å². The second-order valence-electron chi connectivity index (χ2n) is 4.00. The Kier molecular flexibility index (Phi) is 3.66. The highest BCUT2D eigenvalue weighted by atomic mass is 32.1. The van der Waals surface area contributed by atoms with E-state index in [0.717, 1.165) is 9.88 Å². The van der Waals surface area contributed by atoms with Crippen LogP contribution in [0, 0.1) is 12.8 Å². The molecule has 1 N–H and O–H groups in total. The van der Waals surface area contributed by atoms with Crippen molar-refractivity contribution in [2.75, 3.05) is 0 Å². The molecular weight excluding hydrogens is 254 g/mol. The van der Waals surface area contributed by atoms with Crippen LogP contribution in [-0.2, 0) is 11.3 Å². The zero-order chi connectivity index (χ0) is 13.1. The monoisotopic (exact) mass is 267 g/mol. The first-order chi connectivity index (χ1) is 8.58. The van der Waals surface area contributed by atoms with Gasteiger partial charge in [-0.1, -0.05) is 6.92 Å². The number of hydrogen-bond donors (Lipinski definition) is 1. The van der Waals surface area contributed by atoms with Crippen LogP contribution in [0.5, 0.6) is 0 Å². The lowest BCUT2D eigenvalue weighted by atomic mass is 10.1. The Morgan fingerprint density at radius 1 is 1.61 bits per heavy atom. The number of carboxylic acids is 1. The van der Waals surface area contributed by atoms with Crippen LogP contribution < -0.4 is 0 Å². The molecule has 0 aliphatic rings. The van der Waals surface area contributed by atoms with E-state index in [0.29, 0.717) is 18.8 Å². The average Bonchev–Trinajstić information content (AvgIpc) is 2.93. The Labute approximate surface area is 107 Å². The van der Waals surface area contributed by atoms with Crippen LogP contribution in [0.1, 0.15) is 18.4 Å². The number of hydrogen-bond acceptors (Lipinski definition) is 6. The Balaban J connectivity index is 2.11. The van der Waals surface area contributed by atoms with E-state index in [1.54, 1.807) is 17.8 Å². The van der Waals surface area contributed by atoms with E-state index in [4.69, 9.17) is 5.11 Å². The number of tetrazole rings is 1. The van der Waals surface area contributed by atoms with Gasteiger partial charge < -0.3 is 5.11 Å². The molecule has 1 unspecified atom stereocenters. The lowest BCUT2D eigenvalue weighted by molar-refractivity contribution is -0.141. The predicted molar refractivity (Wildman–Crippen MR) is 65.1 cm³/mol. The van der Waals surface area contributed by atoms with Gasteiger partial charge in [-0.15, -0.1) is 16.4 Å². The highest BCUT2D eigenvalue weighted by molar-refractivity contribution is 7.14. The Bertz CT molecular complexity index is 550. The van der Waals surface area contributed by atoms with Gasteiger partial charge in [-0.05, 0) is 23.8 Å². The summed E-state index contributed by atoms with van der Waals surface area (Å²) in [6, 6.07) is 0. The topological polar surface area (TPSA) is 93.8 Å². The minimum Gasteiger partial charge on any atom is -0.481 e. The molecule has 7 nitrogen and oxygen atoms in total. The van der Waals surface area contributed by atoms with E-state index >= 15 is 0 Å². The van der Waals surface area contributed by atoms with Crippen LogP contribution in [-0.4, -0.2) is 36.3 Å². The molecule has 0 aliphatic heterocycles. The quantitative estimate of drug-likeness (QED) is 0.875. The molecule has 2 heterocycles. The summed E-state index contributed by atoms with van der Waals surface area (Å²) in [6.45, 7) is 4.06. The summed E-state index contributed by atoms with van der Waals surface area (Å²) in [5.41, 5.74) is 0. The van der Waals surface area contributed by atoms with Crippen molar-refractivity contribution in [1.82, 2.24) is 25.2 Å². The number of aryl methyl sites for hydroxylation is 2. The van der Waals surface area contributed by atoms with Crippen molar-refractivity contribution in [3.8, 4) is 10.7 Å². The van der Waals surface area contributed by atoms with Crippen molar-refractivity contribution in [2.45, 2.75) is 26.8 Å². The van der Waals surface area contributed by atoms with Gasteiger partial charge in [0.25, 0.3) is 0 Å². The molecule has 0 fully saturated rings. The Morgan fingerprint density at radius 3 is 3.00 bits per heavy atom. The summed E-state index contributed by atoms with van der Waals surface area (Å²) in [7, 11) is 0. The second kappa shape index (κ2) is 5.21. The summed E-state index contributed by atoms with van der Waals surface area (Å²) in [6.07, 6.45) is 2.22. The molecule has 2 aromatic heterocycles. The fraction of sp³-hybridized carbons (Fsp3) is 0.500. The van der Waals surface area contributed by atoms with Crippen molar-refractivity contribution >= 4 is 17.3 Å². The van der Waals surface area contributed by atoms with E-state index < -0.39 is 11.9 Å². The largest absolute Gasteiger partial charge is 0.481 e. The molecule has 8 heteroatoms. The zero-order valence-electron chi connectivity index (χ0n) is 10.1. The second-order valence-corrected chi connectivity index (χ2v) is 5.23. The molecule has 1 atom stereocenters. The lowest BCUT2D eigenvalue weighted by Gasteiger charge is -2.06. The van der Waals surface area contributed by atoms with Crippen LogP contribution in [0.2, 0.25) is 0 Å². The summed E-state index contributed by atoms with van der Waals surface area (Å²) in [5.74, 6) is -0.582. The normalized spacial score (nSPS) is 12.6. The van der Waals surface area contributed by atoms with Gasteiger partial charge in [-0.25, -0.2) is 9.67 Å². The highest BCUT2D eigenvalue weighted by Gasteiger charge is 2.15. The molecule has 0 saturated heterocycles. The number of carbonyl (C=O) groups is 1. The predicted octanol–water partition coefficient (Wildman–Crippen LogP) is 1.22. The minimum absolute atomic E-state index is 0.412. The minimum atomic E-state index is -0.807. The molecule has 0 spiro atoms. The van der Waals surface area contributed by atoms with Gasteiger partial charge in [0.15, 0.2) is 5.82 Å². The number of aromatic nitrogens is 5. The molecule has 0 radical (unpaired) electrons. The first kappa shape index (κ1) is 12.6. The SMILES string of the molecule is Cc1ncc(-c2nnnn2CCC(C)C(=O)O)s1. The number of aliphatic carboxylic acids is 1. The van der Waals surface area contributed by atoms with E-state index in [1.807, 2.05) is 6.92 Å². The van der Waals surface area contributed by atoms with Crippen molar-refractivity contribution in [1.29, 1.82) is 0 Å². The molecule has 0 saturated carbocycles. The van der Waals surface area contributed by atoms with Gasteiger partial charge in [0.1, 0.15) is 0 Å². The molecule has 18 heavy (non-hydrogen) atoms. The molecule has 0 aliphatic carbocycles. The highest BCUT2D eigenvalue weighted by Crippen LogP contribution is 2.23. The van der Waals surface area contributed by atoms with Crippen LogP contribution >= 0.6 is 11.3 Å². The first-order valence-electron chi connectivity index (χ1n) is 5.49. The van der Waals surface area contributed by atoms with Crippen LogP contribution in [0.4, 0.5) is 0 Å². The maximum atomic E-state index is 10.7. The van der Waals surface area contributed by atoms with Crippen molar-refractivity contribution < 1.29 is 9.90 Å². The zero-order valence-corrected chi connectivity index (χ0v) is 10.9. The van der Waals surface area contributed by atoms with Gasteiger partial charge in [-0.2, -0.15) is 0 Å². The molecule has 2 aromatic rings. The van der Waals surface area contributed by atoms with Crippen molar-refractivity contribution in [3.05, 3.63) is 11.2 Å². The van der Waals surface area contributed by atoms with Gasteiger partial charge in [0.05, 0.1) is 15.8 Å². The third kappa shape index (κ3) is 2.70. The number of nitrogens with zero attached hydrogens (tertiary/aromatic N) is 5. The van der Waals surface area contributed by atoms with Crippen LogP contribution in [0.3, 0.4) is 0 Å². The Hall–Kier alpha value is -1.83. The van der Waals surface area contributed by atoms with Gasteiger partial charge in [-0.3, -0.25) is 4.79 Å². The lowest BCUT2D eigenvalue weighted by Crippen LogP contribution is -2.13. The molecule has 0 aromatic carbocycles. The van der Waals surface area contributed by atoms with E-state index in [-0.39, 0.29) is 0 Å². The van der Waals surface area contributed by atoms with Gasteiger partial charge in [0, 0.05) is 12.7 Å². The smallest absolute Gasteiger partial charge is 0.306 e. The van der Waals surface area contributed by atoms with Crippen molar-refractivity contribution in [2.24, 2.45) is 5.92 Å². The van der Waals surface area contributed by atoms with E-state index in [2.05, 4.69) is 20.5 Å². The number of carboxylic acid groups (broad SMARTS) is 1. The van der Waals surface area contributed by atoms with Crippen LogP contribution in [0.25, 0.3) is 10.7 Å². The van der Waals surface area contributed by atoms with Crippen molar-refractivity contribution in [3.63, 3.8) is 0 Å². The molecule has 2 rings (SSSR count). The maximum Gasteiger partial charge on any atom is 0.306 e. The summed E-state index contributed by atoms with van der Waals surface area (Å²) < 4.78 is 1.62. The molecule has 0 amide bonds. The fourth-order valence-corrected chi connectivity index (χ4v) is 2.20. The third-order valence-corrected chi connectivity index (χ3v) is 3.48. The van der Waals surface area contributed by atoms with E-state index in [9.17, 15) is 4.79 Å². The van der Waals surface area contributed by atoms with Crippen LogP contribution in [0.15, 0.2) is 6.20 Å². The Morgan fingerprint density at radius 2 is 2.39 bits per heavy atom. The number of thiazole rings is 1. The molecular formula is C10H13N5O2S. The summed E-state index contributed by atoms with van der Waals surface area (Å²) in [4.78, 5) is 15.8. The molecule has 96 valence electrons. The molecule has 0 bridgehead atoms. The van der Waals surface area contributed by atoms with Gasteiger partial charge in [0.2, 0.25) is 0 Å². The fourth-order valence-electron chi connectivity index (χ4n) is 1.44. The number of rotatable bonds is 5. The third-order valence-electron chi connectivity index (χ3n) is 2.57. The summed E-state index contributed by atoms with van der Waals surface area (Å²) in [5, 5.41) is 21.2. The first-order valence-corrected chi connectivity index (χ1v) is 6.31. The summed E-state index contributed by atoms with van der Waals surface area (Å²) >= 11 is 1.51. The average molecular weight is 267 g/mol. The standard InChI is InChI=1S/C10H13N5O2S/c1-6(10(16)17)3-4-15-9(12-13-14-15)8-5-11-7(2)18-8/h5-6H,3-4H2,1-2H3,(H,16,17). The van der Waals surface area contributed by atoms with E-state index in [1.165, 1.54) is 11.3 Å². The maximum absolute atomic E-state index is 10.7.